The second-order valence-electron chi connectivity index (χ2n) is 4.47. The van der Waals surface area contributed by atoms with Crippen molar-refractivity contribution in [3.05, 3.63) is 25.3 Å². The molecule has 0 bridgehead atoms. The van der Waals surface area contributed by atoms with Gasteiger partial charge in [-0.3, -0.25) is 4.79 Å². The van der Waals surface area contributed by atoms with E-state index in [2.05, 4.69) is 17.9 Å². The van der Waals surface area contributed by atoms with Gasteiger partial charge in [0.25, 0.3) is 0 Å². The number of ether oxygens (including phenoxy) is 2. The van der Waals surface area contributed by atoms with Crippen LogP contribution in [0.25, 0.3) is 0 Å². The first-order valence-electron chi connectivity index (χ1n) is 5.56. The molecule has 1 atom stereocenters. The highest BCUT2D eigenvalue weighted by Crippen LogP contribution is 2.23. The lowest BCUT2D eigenvalue weighted by molar-refractivity contribution is -0.209. The molecule has 0 N–H and O–H groups in total. The first-order chi connectivity index (χ1) is 8.97. The molecule has 0 aromatic rings. The molecule has 0 aromatic heterocycles. The first-order valence-corrected chi connectivity index (χ1v) is 5.56. The van der Waals surface area contributed by atoms with Crippen LogP contribution in [0.4, 0.5) is 13.2 Å². The van der Waals surface area contributed by atoms with E-state index in [4.69, 9.17) is 9.53 Å². The van der Waals surface area contributed by atoms with Gasteiger partial charge < -0.3 is 9.47 Å². The lowest BCUT2D eigenvalue weighted by atomic mass is 10.2. The Labute approximate surface area is 116 Å². The minimum absolute atomic E-state index is 0.588. The lowest BCUT2D eigenvalue weighted by Crippen LogP contribution is -2.33. The van der Waals surface area contributed by atoms with E-state index in [1.807, 2.05) is 0 Å². The van der Waals surface area contributed by atoms with E-state index < -0.39 is 30.5 Å². The number of rotatable bonds is 5. The van der Waals surface area contributed by atoms with Gasteiger partial charge in [-0.05, 0) is 26.8 Å². The number of hydrogen-bond acceptors (Lipinski definition) is 4. The number of carbonyl (C=O) groups excluding carboxylic acids is 2. The van der Waals surface area contributed by atoms with Crippen LogP contribution in [0.1, 0.15) is 20.8 Å². The summed E-state index contributed by atoms with van der Waals surface area (Å²) in [6.07, 6.45) is -4.30. The zero-order chi connectivity index (χ0) is 16.4. The maximum atomic E-state index is 12.2. The van der Waals surface area contributed by atoms with Crippen molar-refractivity contribution in [2.24, 2.45) is 0 Å². The second-order valence-corrected chi connectivity index (χ2v) is 4.47. The predicted octanol–water partition coefficient (Wildman–Crippen LogP) is 2.83. The van der Waals surface area contributed by atoms with Crippen molar-refractivity contribution in [3.8, 4) is 0 Å². The molecule has 20 heavy (non-hydrogen) atoms. The summed E-state index contributed by atoms with van der Waals surface area (Å²) in [6, 6.07) is 0. The van der Waals surface area contributed by atoms with Crippen molar-refractivity contribution in [2.45, 2.75) is 38.7 Å². The van der Waals surface area contributed by atoms with Gasteiger partial charge in [0.05, 0.1) is 0 Å². The Bertz CT molecular complexity index is 323. The SMILES string of the molecule is C=CC(OCC(=O)OC(C)(C)C)C(F)(F)F.C=CC=O. The Kier molecular flexibility index (Phi) is 9.62. The van der Waals surface area contributed by atoms with E-state index in [1.54, 1.807) is 20.8 Å². The van der Waals surface area contributed by atoms with E-state index >= 15 is 0 Å². The molecule has 0 rings (SSSR count). The zero-order valence-corrected chi connectivity index (χ0v) is 11.7. The van der Waals surface area contributed by atoms with Crippen LogP contribution in [-0.2, 0) is 19.1 Å². The summed E-state index contributed by atoms with van der Waals surface area (Å²) < 4.78 is 45.6. The van der Waals surface area contributed by atoms with E-state index in [0.717, 1.165) is 0 Å². The van der Waals surface area contributed by atoms with Crippen LogP contribution in [0.3, 0.4) is 0 Å². The molecule has 116 valence electrons. The average Bonchev–Trinajstić information content (AvgIpc) is 2.26. The Morgan fingerprint density at radius 1 is 1.25 bits per heavy atom. The number of halogens is 3. The molecule has 0 fully saturated rings. The van der Waals surface area contributed by atoms with Crippen LogP contribution in [0.15, 0.2) is 25.3 Å². The van der Waals surface area contributed by atoms with Gasteiger partial charge >= 0.3 is 12.1 Å². The highest BCUT2D eigenvalue weighted by Gasteiger charge is 2.39. The van der Waals surface area contributed by atoms with Gasteiger partial charge in [0.1, 0.15) is 18.5 Å². The monoisotopic (exact) mass is 296 g/mol. The minimum Gasteiger partial charge on any atom is -0.458 e. The number of carbonyl (C=O) groups is 2. The summed E-state index contributed by atoms with van der Waals surface area (Å²) >= 11 is 0. The van der Waals surface area contributed by atoms with Gasteiger partial charge in [-0.15, -0.1) is 6.58 Å². The van der Waals surface area contributed by atoms with Crippen LogP contribution in [0.5, 0.6) is 0 Å². The van der Waals surface area contributed by atoms with Crippen molar-refractivity contribution in [2.75, 3.05) is 6.61 Å². The number of aldehydes is 1. The molecule has 0 saturated carbocycles. The summed E-state index contributed by atoms with van der Waals surface area (Å²) in [5.41, 5.74) is -0.748. The van der Waals surface area contributed by atoms with Crippen LogP contribution in [0, 0.1) is 0 Å². The minimum atomic E-state index is -4.57. The lowest BCUT2D eigenvalue weighted by Gasteiger charge is -2.21. The summed E-state index contributed by atoms with van der Waals surface area (Å²) in [5, 5.41) is 0. The maximum absolute atomic E-state index is 12.2. The van der Waals surface area contributed by atoms with E-state index in [9.17, 15) is 18.0 Å². The fourth-order valence-corrected chi connectivity index (χ4v) is 0.825. The zero-order valence-electron chi connectivity index (χ0n) is 11.7. The molecule has 0 aliphatic heterocycles. The molecular weight excluding hydrogens is 277 g/mol. The standard InChI is InChI=1S/C10H15F3O3.C3H4O/c1-5-7(10(11,12)13)15-6-8(14)16-9(2,3)4;1-2-3-4/h5,7H,1,6H2,2-4H3;2-3H,1H2. The average molecular weight is 296 g/mol. The van der Waals surface area contributed by atoms with Crippen LogP contribution in [-0.4, -0.2) is 36.7 Å². The highest BCUT2D eigenvalue weighted by atomic mass is 19.4. The Morgan fingerprint density at radius 3 is 1.95 bits per heavy atom. The van der Waals surface area contributed by atoms with E-state index in [1.165, 1.54) is 6.08 Å². The van der Waals surface area contributed by atoms with Gasteiger partial charge in [0.15, 0.2) is 6.10 Å². The van der Waals surface area contributed by atoms with Crippen LogP contribution < -0.4 is 0 Å². The highest BCUT2D eigenvalue weighted by molar-refractivity contribution is 5.71. The topological polar surface area (TPSA) is 52.6 Å². The smallest absolute Gasteiger partial charge is 0.418 e. The molecule has 0 radical (unpaired) electrons. The molecule has 0 aromatic carbocycles. The molecule has 0 amide bonds. The van der Waals surface area contributed by atoms with Gasteiger partial charge in [-0.2, -0.15) is 13.2 Å². The second kappa shape index (κ2) is 9.30. The molecule has 0 heterocycles. The number of allylic oxidation sites excluding steroid dienone is 1. The maximum Gasteiger partial charge on any atom is 0.418 e. The van der Waals surface area contributed by atoms with Crippen molar-refractivity contribution in [1.29, 1.82) is 0 Å². The predicted molar refractivity (Wildman–Crippen MR) is 68.1 cm³/mol. The fraction of sp³-hybridized carbons (Fsp3) is 0.538. The van der Waals surface area contributed by atoms with Gasteiger partial charge in [0.2, 0.25) is 0 Å². The third-order valence-electron chi connectivity index (χ3n) is 1.43. The number of alkyl halides is 3. The number of esters is 1. The molecule has 0 saturated heterocycles. The van der Waals surface area contributed by atoms with Crippen LogP contribution in [0.2, 0.25) is 0 Å². The van der Waals surface area contributed by atoms with Crippen LogP contribution >= 0.6 is 0 Å². The fourth-order valence-electron chi connectivity index (χ4n) is 0.825. The molecule has 0 aliphatic carbocycles. The molecule has 1 unspecified atom stereocenters. The molecule has 4 nitrogen and oxygen atoms in total. The Balaban J connectivity index is 0. The van der Waals surface area contributed by atoms with Crippen molar-refractivity contribution >= 4 is 12.3 Å². The summed E-state index contributed by atoms with van der Waals surface area (Å²) in [6.45, 7) is 10.2. The van der Waals surface area contributed by atoms with Gasteiger partial charge in [-0.1, -0.05) is 12.7 Å². The van der Waals surface area contributed by atoms with Gasteiger partial charge in [0, 0.05) is 0 Å². The summed E-state index contributed by atoms with van der Waals surface area (Å²) in [5.74, 6) is -0.844. The van der Waals surface area contributed by atoms with Crippen molar-refractivity contribution in [1.82, 2.24) is 0 Å². The Hall–Kier alpha value is -1.63. The molecular formula is C13H19F3O4. The van der Waals surface area contributed by atoms with Gasteiger partial charge in [-0.25, -0.2) is 4.79 Å². The van der Waals surface area contributed by atoms with E-state index in [0.29, 0.717) is 12.4 Å². The third-order valence-corrected chi connectivity index (χ3v) is 1.43. The van der Waals surface area contributed by atoms with Crippen molar-refractivity contribution in [3.63, 3.8) is 0 Å². The molecule has 0 aliphatic rings. The largest absolute Gasteiger partial charge is 0.458 e. The molecule has 0 spiro atoms. The third kappa shape index (κ3) is 12.8. The van der Waals surface area contributed by atoms with Crippen molar-refractivity contribution < 1.29 is 32.2 Å². The molecule has 7 heteroatoms. The summed E-state index contributed by atoms with van der Waals surface area (Å²) in [4.78, 5) is 20.1. The first kappa shape index (κ1) is 20.7. The summed E-state index contributed by atoms with van der Waals surface area (Å²) in [7, 11) is 0. The quantitative estimate of drug-likeness (QED) is 0.339. The number of hydrogen-bond donors (Lipinski definition) is 0. The normalized spacial score (nSPS) is 12.5. The van der Waals surface area contributed by atoms with E-state index in [-0.39, 0.29) is 0 Å². The Morgan fingerprint density at radius 2 is 1.70 bits per heavy atom.